The van der Waals surface area contributed by atoms with Gasteiger partial charge >= 0.3 is 0 Å². The van der Waals surface area contributed by atoms with E-state index in [9.17, 15) is 9.59 Å². The number of aryl methyl sites for hydroxylation is 2. The highest BCUT2D eigenvalue weighted by molar-refractivity contribution is 6.02. The predicted octanol–water partition coefficient (Wildman–Crippen LogP) is 1.39. The van der Waals surface area contributed by atoms with E-state index in [0.29, 0.717) is 0 Å². The first kappa shape index (κ1) is 14.1. The van der Waals surface area contributed by atoms with Crippen LogP contribution in [-0.2, 0) is 9.59 Å². The maximum Gasteiger partial charge on any atom is 0.248 e. The third kappa shape index (κ3) is 2.80. The lowest BCUT2D eigenvalue weighted by molar-refractivity contribution is -0.145. The molecular weight excluding hydrogens is 254 g/mol. The van der Waals surface area contributed by atoms with Crippen LogP contribution in [0.1, 0.15) is 17.5 Å². The molecule has 0 unspecified atom stereocenters. The number of nitriles is 1. The van der Waals surface area contributed by atoms with Crippen molar-refractivity contribution in [3.8, 4) is 6.07 Å². The number of anilines is 1. The van der Waals surface area contributed by atoms with Gasteiger partial charge in [0, 0.05) is 12.2 Å². The molecule has 0 aliphatic carbocycles. The Bertz CT molecular complexity index is 571. The number of carbonyl (C=O) groups excluding carboxylic acids is 2. The highest BCUT2D eigenvalue weighted by Crippen LogP contribution is 2.23. The van der Waals surface area contributed by atoms with Crippen molar-refractivity contribution in [1.29, 1.82) is 5.26 Å². The summed E-state index contributed by atoms with van der Waals surface area (Å²) >= 11 is 0. The molecule has 1 aliphatic rings. The molecule has 0 radical (unpaired) electrons. The number of imide groups is 1. The van der Waals surface area contributed by atoms with Crippen LogP contribution in [-0.4, -0.2) is 36.3 Å². The Morgan fingerprint density at radius 3 is 2.45 bits per heavy atom. The number of amides is 2. The van der Waals surface area contributed by atoms with Gasteiger partial charge in [-0.25, -0.2) is 0 Å². The lowest BCUT2D eigenvalue weighted by Crippen LogP contribution is -2.54. The van der Waals surface area contributed by atoms with Crippen LogP contribution in [0.3, 0.4) is 0 Å². The average molecular weight is 271 g/mol. The van der Waals surface area contributed by atoms with Crippen LogP contribution < -0.4 is 4.90 Å². The molecule has 0 N–H and O–H groups in total. The summed E-state index contributed by atoms with van der Waals surface area (Å²) in [5.74, 6) is -0.477. The van der Waals surface area contributed by atoms with Crippen molar-refractivity contribution in [2.75, 3.05) is 24.5 Å². The first-order valence-corrected chi connectivity index (χ1v) is 6.55. The molecule has 0 spiro atoms. The number of benzene rings is 1. The topological polar surface area (TPSA) is 64.4 Å². The fraction of sp³-hybridized carbons (Fsp3) is 0.400. The van der Waals surface area contributed by atoms with Crippen molar-refractivity contribution in [2.24, 2.45) is 0 Å². The molecule has 1 fully saturated rings. The Labute approximate surface area is 118 Å². The Morgan fingerprint density at radius 2 is 1.85 bits per heavy atom. The van der Waals surface area contributed by atoms with E-state index in [4.69, 9.17) is 5.26 Å². The Morgan fingerprint density at radius 1 is 1.20 bits per heavy atom. The van der Waals surface area contributed by atoms with Gasteiger partial charge < -0.3 is 4.90 Å². The quantitative estimate of drug-likeness (QED) is 0.779. The van der Waals surface area contributed by atoms with E-state index in [1.807, 2.05) is 38.1 Å². The second-order valence-corrected chi connectivity index (χ2v) is 4.99. The molecule has 20 heavy (non-hydrogen) atoms. The summed E-state index contributed by atoms with van der Waals surface area (Å²) in [6.45, 7) is 4.50. The van der Waals surface area contributed by atoms with E-state index in [1.54, 1.807) is 4.90 Å². The molecule has 0 aromatic heterocycles. The van der Waals surface area contributed by atoms with E-state index in [2.05, 4.69) is 0 Å². The molecule has 0 bridgehead atoms. The molecular formula is C15H17N3O2. The summed E-state index contributed by atoms with van der Waals surface area (Å²) in [4.78, 5) is 27.1. The van der Waals surface area contributed by atoms with Gasteiger partial charge in [0.25, 0.3) is 0 Å². The third-order valence-corrected chi connectivity index (χ3v) is 3.41. The van der Waals surface area contributed by atoms with E-state index in [1.165, 1.54) is 4.90 Å². The fourth-order valence-electron chi connectivity index (χ4n) is 2.33. The SMILES string of the molecule is Cc1ccc(C)c(N2CC(=O)N(CCC#N)C(=O)C2)c1. The zero-order chi connectivity index (χ0) is 14.7. The highest BCUT2D eigenvalue weighted by atomic mass is 16.2. The van der Waals surface area contributed by atoms with Gasteiger partial charge in [0.15, 0.2) is 0 Å². The zero-order valence-corrected chi connectivity index (χ0v) is 11.7. The maximum absolute atomic E-state index is 12.0. The maximum atomic E-state index is 12.0. The predicted molar refractivity (Wildman–Crippen MR) is 75.1 cm³/mol. The Hall–Kier alpha value is -2.35. The Kier molecular flexibility index (Phi) is 4.04. The van der Waals surface area contributed by atoms with Crippen LogP contribution in [0, 0.1) is 25.2 Å². The summed E-state index contributed by atoms with van der Waals surface area (Å²) in [6.07, 6.45) is 0.182. The van der Waals surface area contributed by atoms with E-state index < -0.39 is 0 Å². The minimum absolute atomic E-state index is 0.182. The van der Waals surface area contributed by atoms with Gasteiger partial charge in [0.1, 0.15) is 0 Å². The van der Waals surface area contributed by atoms with Gasteiger partial charge in [-0.15, -0.1) is 0 Å². The number of rotatable bonds is 3. The number of hydrogen-bond donors (Lipinski definition) is 0. The number of hydrogen-bond acceptors (Lipinski definition) is 4. The standard InChI is InChI=1S/C15H17N3O2/c1-11-4-5-12(2)13(8-11)17-9-14(19)18(7-3-6-16)15(20)10-17/h4-5,8H,3,7,9-10H2,1-2H3. The van der Waals surface area contributed by atoms with Crippen LogP contribution >= 0.6 is 0 Å². The molecule has 1 saturated heterocycles. The molecule has 5 heteroatoms. The van der Waals surface area contributed by atoms with Crippen molar-refractivity contribution in [2.45, 2.75) is 20.3 Å². The number of carbonyl (C=O) groups is 2. The van der Waals surface area contributed by atoms with Crippen molar-refractivity contribution >= 4 is 17.5 Å². The zero-order valence-electron chi connectivity index (χ0n) is 11.7. The van der Waals surface area contributed by atoms with Gasteiger partial charge in [-0.2, -0.15) is 5.26 Å². The van der Waals surface area contributed by atoms with E-state index in [0.717, 1.165) is 16.8 Å². The smallest absolute Gasteiger partial charge is 0.248 e. The largest absolute Gasteiger partial charge is 0.353 e. The summed E-state index contributed by atoms with van der Waals surface area (Å²) in [5, 5.41) is 8.56. The second kappa shape index (κ2) is 5.74. The average Bonchev–Trinajstić information content (AvgIpc) is 2.40. The van der Waals surface area contributed by atoms with Gasteiger partial charge in [0.05, 0.1) is 25.6 Å². The van der Waals surface area contributed by atoms with Gasteiger partial charge in [-0.1, -0.05) is 12.1 Å². The van der Waals surface area contributed by atoms with Crippen LogP contribution in [0.5, 0.6) is 0 Å². The first-order valence-electron chi connectivity index (χ1n) is 6.55. The van der Waals surface area contributed by atoms with Gasteiger partial charge in [0.2, 0.25) is 11.8 Å². The van der Waals surface area contributed by atoms with Crippen molar-refractivity contribution in [3.63, 3.8) is 0 Å². The van der Waals surface area contributed by atoms with E-state index in [-0.39, 0.29) is 37.9 Å². The number of piperazine rings is 1. The molecule has 2 rings (SSSR count). The van der Waals surface area contributed by atoms with Crippen molar-refractivity contribution < 1.29 is 9.59 Å². The van der Waals surface area contributed by atoms with Gasteiger partial charge in [-0.05, 0) is 31.0 Å². The molecule has 104 valence electrons. The minimum Gasteiger partial charge on any atom is -0.353 e. The molecule has 1 aliphatic heterocycles. The molecule has 2 amide bonds. The van der Waals surface area contributed by atoms with Crippen LogP contribution in [0.15, 0.2) is 18.2 Å². The molecule has 1 aromatic rings. The lowest BCUT2D eigenvalue weighted by atomic mass is 10.1. The summed E-state index contributed by atoms with van der Waals surface area (Å²) in [5.41, 5.74) is 3.06. The molecule has 5 nitrogen and oxygen atoms in total. The molecule has 1 aromatic carbocycles. The monoisotopic (exact) mass is 271 g/mol. The molecule has 0 saturated carbocycles. The normalized spacial score (nSPS) is 15.4. The summed E-state index contributed by atoms with van der Waals surface area (Å²) < 4.78 is 0. The molecule has 0 atom stereocenters. The van der Waals surface area contributed by atoms with E-state index >= 15 is 0 Å². The lowest BCUT2D eigenvalue weighted by Gasteiger charge is -2.34. The summed E-state index contributed by atoms with van der Waals surface area (Å²) in [7, 11) is 0. The molecule has 1 heterocycles. The number of nitrogens with zero attached hydrogens (tertiary/aromatic N) is 3. The fourth-order valence-corrected chi connectivity index (χ4v) is 2.33. The summed E-state index contributed by atoms with van der Waals surface area (Å²) in [6, 6.07) is 7.94. The van der Waals surface area contributed by atoms with Crippen LogP contribution in [0.25, 0.3) is 0 Å². The van der Waals surface area contributed by atoms with Crippen LogP contribution in [0.2, 0.25) is 0 Å². The van der Waals surface area contributed by atoms with Crippen molar-refractivity contribution in [3.05, 3.63) is 29.3 Å². The minimum atomic E-state index is -0.239. The second-order valence-electron chi connectivity index (χ2n) is 4.99. The third-order valence-electron chi connectivity index (χ3n) is 3.41. The van der Waals surface area contributed by atoms with Crippen molar-refractivity contribution in [1.82, 2.24) is 4.90 Å². The van der Waals surface area contributed by atoms with Gasteiger partial charge in [-0.3, -0.25) is 14.5 Å². The van der Waals surface area contributed by atoms with Crippen LogP contribution in [0.4, 0.5) is 5.69 Å². The highest BCUT2D eigenvalue weighted by Gasteiger charge is 2.31. The Balaban J connectivity index is 2.18. The first-order chi connectivity index (χ1) is 9.52.